The number of nitrogens with two attached hydrogens (primary N) is 1. The number of halogens is 2. The lowest BCUT2D eigenvalue weighted by molar-refractivity contribution is -0.148. The third kappa shape index (κ3) is 4.77. The van der Waals surface area contributed by atoms with Gasteiger partial charge in [0.2, 0.25) is 5.92 Å². The molecule has 0 aliphatic carbocycles. The molecule has 2 N–H and O–H groups in total. The molecule has 1 atom stereocenters. The van der Waals surface area contributed by atoms with E-state index in [9.17, 15) is 13.6 Å². The highest BCUT2D eigenvalue weighted by Gasteiger charge is 2.32. The number of rotatable bonds is 5. The van der Waals surface area contributed by atoms with Crippen LogP contribution in [0.1, 0.15) is 19.8 Å². The summed E-state index contributed by atoms with van der Waals surface area (Å²) < 4.78 is 30.1. The van der Waals surface area contributed by atoms with Crippen molar-refractivity contribution in [1.29, 1.82) is 0 Å². The van der Waals surface area contributed by atoms with Crippen LogP contribution in [0, 0.1) is 5.92 Å². The predicted octanol–water partition coefficient (Wildman–Crippen LogP) is 1.17. The summed E-state index contributed by atoms with van der Waals surface area (Å²) in [6.07, 6.45) is -0.898. The number of methoxy groups -OCH3 is 1. The Bertz CT molecular complexity index is 174. The van der Waals surface area contributed by atoms with Crippen LogP contribution < -0.4 is 5.73 Å². The van der Waals surface area contributed by atoms with Crippen molar-refractivity contribution >= 4 is 5.97 Å². The molecule has 1 unspecified atom stereocenters. The Morgan fingerprint density at radius 1 is 1.62 bits per heavy atom. The van der Waals surface area contributed by atoms with Crippen molar-refractivity contribution in [3.8, 4) is 0 Å². The SMILES string of the molecule is COC(=O)C(C)CC(F)(F)CCN. The fourth-order valence-electron chi connectivity index (χ4n) is 1.05. The average molecular weight is 195 g/mol. The molecule has 0 bridgehead atoms. The summed E-state index contributed by atoms with van der Waals surface area (Å²) in [5.41, 5.74) is 5.00. The lowest BCUT2D eigenvalue weighted by Gasteiger charge is -2.18. The number of hydrogen-bond donors (Lipinski definition) is 1. The monoisotopic (exact) mass is 195 g/mol. The molecule has 0 aliphatic heterocycles. The van der Waals surface area contributed by atoms with Crippen molar-refractivity contribution in [1.82, 2.24) is 0 Å². The molecule has 0 rings (SSSR count). The van der Waals surface area contributed by atoms with Gasteiger partial charge in [0, 0.05) is 12.8 Å². The van der Waals surface area contributed by atoms with Gasteiger partial charge in [0.25, 0.3) is 0 Å². The zero-order valence-electron chi connectivity index (χ0n) is 7.85. The number of hydrogen-bond acceptors (Lipinski definition) is 3. The summed E-state index contributed by atoms with van der Waals surface area (Å²) in [5.74, 6) is -4.27. The zero-order valence-corrected chi connectivity index (χ0v) is 7.85. The third-order valence-electron chi connectivity index (χ3n) is 1.72. The Labute approximate surface area is 76.2 Å². The minimum atomic E-state index is -2.87. The normalized spacial score (nSPS) is 13.9. The van der Waals surface area contributed by atoms with E-state index in [-0.39, 0.29) is 6.54 Å². The molecule has 0 amide bonds. The van der Waals surface area contributed by atoms with Gasteiger partial charge in [-0.1, -0.05) is 6.92 Å². The summed E-state index contributed by atoms with van der Waals surface area (Å²) in [5, 5.41) is 0. The van der Waals surface area contributed by atoms with Gasteiger partial charge < -0.3 is 10.5 Å². The van der Waals surface area contributed by atoms with Crippen LogP contribution in [-0.2, 0) is 9.53 Å². The van der Waals surface area contributed by atoms with Crippen molar-refractivity contribution in [3.63, 3.8) is 0 Å². The first-order chi connectivity index (χ1) is 5.93. The Morgan fingerprint density at radius 2 is 2.15 bits per heavy atom. The van der Waals surface area contributed by atoms with E-state index in [0.29, 0.717) is 0 Å². The van der Waals surface area contributed by atoms with Crippen LogP contribution in [0.2, 0.25) is 0 Å². The molecular weight excluding hydrogens is 180 g/mol. The van der Waals surface area contributed by atoms with Crippen molar-refractivity contribution < 1.29 is 18.3 Å². The van der Waals surface area contributed by atoms with Crippen LogP contribution in [0.25, 0.3) is 0 Å². The fourth-order valence-corrected chi connectivity index (χ4v) is 1.05. The topological polar surface area (TPSA) is 52.3 Å². The molecule has 0 aromatic carbocycles. The van der Waals surface area contributed by atoms with E-state index >= 15 is 0 Å². The maximum atomic E-state index is 12.9. The number of alkyl halides is 2. The lowest BCUT2D eigenvalue weighted by Crippen LogP contribution is -2.27. The third-order valence-corrected chi connectivity index (χ3v) is 1.72. The second-order valence-electron chi connectivity index (χ2n) is 3.02. The Morgan fingerprint density at radius 3 is 2.54 bits per heavy atom. The van der Waals surface area contributed by atoms with Gasteiger partial charge in [0.05, 0.1) is 13.0 Å². The van der Waals surface area contributed by atoms with Gasteiger partial charge in [0.1, 0.15) is 0 Å². The van der Waals surface area contributed by atoms with E-state index in [1.165, 1.54) is 14.0 Å². The van der Waals surface area contributed by atoms with Crippen molar-refractivity contribution in [2.75, 3.05) is 13.7 Å². The molecule has 5 heteroatoms. The molecule has 0 radical (unpaired) electrons. The Balaban J connectivity index is 4.02. The molecule has 0 saturated heterocycles. The molecule has 78 valence electrons. The van der Waals surface area contributed by atoms with E-state index in [1.54, 1.807) is 0 Å². The number of ether oxygens (including phenoxy) is 1. The van der Waals surface area contributed by atoms with Crippen molar-refractivity contribution in [2.45, 2.75) is 25.7 Å². The molecule has 0 aromatic rings. The average Bonchev–Trinajstić information content (AvgIpc) is 2.01. The molecule has 0 saturated carbocycles. The van der Waals surface area contributed by atoms with Gasteiger partial charge in [-0.3, -0.25) is 4.79 Å². The molecule has 0 heterocycles. The van der Waals surface area contributed by atoms with Gasteiger partial charge >= 0.3 is 5.97 Å². The maximum Gasteiger partial charge on any atom is 0.308 e. The maximum absolute atomic E-state index is 12.9. The second kappa shape index (κ2) is 5.11. The van der Waals surface area contributed by atoms with Crippen molar-refractivity contribution in [3.05, 3.63) is 0 Å². The number of esters is 1. The first kappa shape index (κ1) is 12.3. The van der Waals surface area contributed by atoms with Crippen LogP contribution in [-0.4, -0.2) is 25.5 Å². The van der Waals surface area contributed by atoms with Gasteiger partial charge in [-0.25, -0.2) is 8.78 Å². The molecule has 0 aromatic heterocycles. The van der Waals surface area contributed by atoms with E-state index in [1.807, 2.05) is 0 Å². The van der Waals surface area contributed by atoms with Crippen LogP contribution in [0.15, 0.2) is 0 Å². The largest absolute Gasteiger partial charge is 0.469 e. The minimum absolute atomic E-state index is 0.0824. The van der Waals surface area contributed by atoms with Crippen LogP contribution in [0.3, 0.4) is 0 Å². The molecule has 13 heavy (non-hydrogen) atoms. The predicted molar refractivity (Wildman–Crippen MR) is 44.4 cm³/mol. The molecule has 0 aliphatic rings. The van der Waals surface area contributed by atoms with Gasteiger partial charge in [-0.2, -0.15) is 0 Å². The van der Waals surface area contributed by atoms with E-state index in [0.717, 1.165) is 0 Å². The second-order valence-corrected chi connectivity index (χ2v) is 3.02. The first-order valence-electron chi connectivity index (χ1n) is 4.08. The van der Waals surface area contributed by atoms with E-state index in [2.05, 4.69) is 4.74 Å². The quantitative estimate of drug-likeness (QED) is 0.670. The Kier molecular flexibility index (Phi) is 4.83. The van der Waals surface area contributed by atoms with E-state index < -0.39 is 30.7 Å². The summed E-state index contributed by atoms with van der Waals surface area (Å²) in [7, 11) is 1.18. The standard InChI is InChI=1S/C8H15F2NO2/c1-6(7(12)13-2)5-8(9,10)3-4-11/h6H,3-5,11H2,1-2H3. The highest BCUT2D eigenvalue weighted by atomic mass is 19.3. The number of carbonyl (C=O) groups is 1. The summed E-state index contributed by atoms with van der Waals surface area (Å²) >= 11 is 0. The minimum Gasteiger partial charge on any atom is -0.469 e. The van der Waals surface area contributed by atoms with Gasteiger partial charge in [-0.15, -0.1) is 0 Å². The summed E-state index contributed by atoms with van der Waals surface area (Å²) in [6, 6.07) is 0. The van der Waals surface area contributed by atoms with Crippen LogP contribution in [0.5, 0.6) is 0 Å². The molecule has 3 nitrogen and oxygen atoms in total. The van der Waals surface area contributed by atoms with E-state index in [4.69, 9.17) is 5.73 Å². The molecular formula is C8H15F2NO2. The van der Waals surface area contributed by atoms with Gasteiger partial charge in [0.15, 0.2) is 0 Å². The highest BCUT2D eigenvalue weighted by Crippen LogP contribution is 2.26. The fraction of sp³-hybridized carbons (Fsp3) is 0.875. The number of carbonyl (C=O) groups excluding carboxylic acids is 1. The summed E-state index contributed by atoms with van der Waals surface area (Å²) in [4.78, 5) is 10.8. The van der Waals surface area contributed by atoms with Crippen LogP contribution >= 0.6 is 0 Å². The molecule has 0 spiro atoms. The summed E-state index contributed by atoms with van der Waals surface area (Å²) in [6.45, 7) is 1.33. The van der Waals surface area contributed by atoms with Crippen LogP contribution in [0.4, 0.5) is 8.78 Å². The Hall–Kier alpha value is -0.710. The van der Waals surface area contributed by atoms with Gasteiger partial charge in [-0.05, 0) is 6.54 Å². The smallest absolute Gasteiger partial charge is 0.308 e. The first-order valence-corrected chi connectivity index (χ1v) is 4.08. The molecule has 0 fully saturated rings. The zero-order chi connectivity index (χ0) is 10.5. The van der Waals surface area contributed by atoms with Crippen molar-refractivity contribution in [2.24, 2.45) is 11.7 Å². The highest BCUT2D eigenvalue weighted by molar-refractivity contribution is 5.71. The lowest BCUT2D eigenvalue weighted by atomic mass is 10.0.